The van der Waals surface area contributed by atoms with E-state index in [1.807, 2.05) is 13.8 Å². The molecule has 1 aliphatic heterocycles. The number of hydrogen-bond donors (Lipinski definition) is 2. The summed E-state index contributed by atoms with van der Waals surface area (Å²) >= 11 is 0. The van der Waals surface area contributed by atoms with Gasteiger partial charge in [-0.05, 0) is 19.3 Å². The third-order valence-electron chi connectivity index (χ3n) is 3.21. The fourth-order valence-corrected chi connectivity index (χ4v) is 1.64. The van der Waals surface area contributed by atoms with E-state index in [0.717, 1.165) is 6.42 Å². The maximum atomic E-state index is 11.6. The summed E-state index contributed by atoms with van der Waals surface area (Å²) < 4.78 is 5.14. The highest BCUT2D eigenvalue weighted by Crippen LogP contribution is 2.15. The Kier molecular flexibility index (Phi) is 4.54. The summed E-state index contributed by atoms with van der Waals surface area (Å²) in [6, 6.07) is 0. The second kappa shape index (κ2) is 5.47. The molecule has 1 fully saturated rings. The van der Waals surface area contributed by atoms with Gasteiger partial charge in [-0.15, -0.1) is 0 Å². The third kappa shape index (κ3) is 3.47. The number of hydrogen-bond acceptors (Lipinski definition) is 3. The smallest absolute Gasteiger partial charge is 0.225 e. The van der Waals surface area contributed by atoms with Crippen LogP contribution in [-0.4, -0.2) is 36.4 Å². The molecule has 1 amide bonds. The number of carbonyl (C=O) groups excluding carboxylic acids is 1. The molecule has 0 aromatic carbocycles. The minimum Gasteiger partial charge on any atom is -0.388 e. The van der Waals surface area contributed by atoms with E-state index in [2.05, 4.69) is 5.32 Å². The van der Waals surface area contributed by atoms with E-state index in [1.54, 1.807) is 0 Å². The van der Waals surface area contributed by atoms with Crippen molar-refractivity contribution < 1.29 is 14.6 Å². The van der Waals surface area contributed by atoms with Crippen molar-refractivity contribution in [3.8, 4) is 0 Å². The number of nitrogens with one attached hydrogen (secondary N) is 1. The van der Waals surface area contributed by atoms with Crippen LogP contribution >= 0.6 is 0 Å². The first-order valence-electron chi connectivity index (χ1n) is 5.69. The molecular formula is C11H21NO3. The Balaban J connectivity index is 2.32. The molecule has 88 valence electrons. The highest BCUT2D eigenvalue weighted by molar-refractivity contribution is 5.79. The molecule has 15 heavy (non-hydrogen) atoms. The number of rotatable bonds is 5. The molecule has 0 saturated carbocycles. The molecule has 1 saturated heterocycles. The first-order chi connectivity index (χ1) is 7.11. The monoisotopic (exact) mass is 215 g/mol. The minimum atomic E-state index is -0.755. The zero-order chi connectivity index (χ0) is 11.3. The average molecular weight is 215 g/mol. The number of amides is 1. The summed E-state index contributed by atoms with van der Waals surface area (Å²) in [4.78, 5) is 11.6. The predicted octanol–water partition coefficient (Wildman–Crippen LogP) is 0.690. The third-order valence-corrected chi connectivity index (χ3v) is 3.21. The zero-order valence-corrected chi connectivity index (χ0v) is 9.58. The van der Waals surface area contributed by atoms with Crippen molar-refractivity contribution in [3.63, 3.8) is 0 Å². The second-order valence-electron chi connectivity index (χ2n) is 4.21. The molecule has 1 atom stereocenters. The topological polar surface area (TPSA) is 58.6 Å². The molecule has 1 heterocycles. The summed E-state index contributed by atoms with van der Waals surface area (Å²) in [6.45, 7) is 5.38. The van der Waals surface area contributed by atoms with Crippen LogP contribution in [0.4, 0.5) is 0 Å². The van der Waals surface area contributed by atoms with Crippen LogP contribution in [0.15, 0.2) is 0 Å². The predicted molar refractivity (Wildman–Crippen MR) is 57.5 cm³/mol. The van der Waals surface area contributed by atoms with Gasteiger partial charge in [-0.1, -0.05) is 13.8 Å². The Morgan fingerprint density at radius 2 is 2.20 bits per heavy atom. The van der Waals surface area contributed by atoms with Crippen LogP contribution in [-0.2, 0) is 9.53 Å². The fourth-order valence-electron chi connectivity index (χ4n) is 1.64. The molecule has 1 unspecified atom stereocenters. The Hall–Kier alpha value is -0.610. The maximum Gasteiger partial charge on any atom is 0.225 e. The number of carbonyl (C=O) groups is 1. The molecule has 0 spiro atoms. The minimum absolute atomic E-state index is 0.00725. The Morgan fingerprint density at radius 1 is 1.53 bits per heavy atom. The maximum absolute atomic E-state index is 11.6. The number of ether oxygens (including phenoxy) is 1. The standard InChI is InChI=1S/C11H21NO3/c1-3-11(14,4-2)8-12-10(13)9-5-6-15-7-9/h9,14H,3-8H2,1-2H3,(H,12,13). The van der Waals surface area contributed by atoms with E-state index in [-0.39, 0.29) is 11.8 Å². The van der Waals surface area contributed by atoms with Gasteiger partial charge < -0.3 is 15.2 Å². The summed E-state index contributed by atoms with van der Waals surface area (Å²) in [7, 11) is 0. The van der Waals surface area contributed by atoms with Crippen LogP contribution in [0.5, 0.6) is 0 Å². The van der Waals surface area contributed by atoms with Gasteiger partial charge in [-0.2, -0.15) is 0 Å². The van der Waals surface area contributed by atoms with Gasteiger partial charge in [0.15, 0.2) is 0 Å². The molecule has 1 rings (SSSR count). The molecule has 2 N–H and O–H groups in total. The quantitative estimate of drug-likeness (QED) is 0.709. The zero-order valence-electron chi connectivity index (χ0n) is 9.58. The van der Waals surface area contributed by atoms with Crippen molar-refractivity contribution in [1.82, 2.24) is 5.32 Å². The van der Waals surface area contributed by atoms with Gasteiger partial charge in [0.25, 0.3) is 0 Å². The van der Waals surface area contributed by atoms with E-state index < -0.39 is 5.60 Å². The van der Waals surface area contributed by atoms with E-state index in [9.17, 15) is 9.90 Å². The highest BCUT2D eigenvalue weighted by Gasteiger charge is 2.27. The van der Waals surface area contributed by atoms with Crippen LogP contribution in [0.3, 0.4) is 0 Å². The largest absolute Gasteiger partial charge is 0.388 e. The Bertz CT molecular complexity index is 208. The van der Waals surface area contributed by atoms with Gasteiger partial charge in [-0.25, -0.2) is 0 Å². The Labute approximate surface area is 91.0 Å². The molecular weight excluding hydrogens is 194 g/mol. The van der Waals surface area contributed by atoms with E-state index in [0.29, 0.717) is 32.6 Å². The average Bonchev–Trinajstić information content (AvgIpc) is 2.79. The molecule has 4 heteroatoms. The first kappa shape index (κ1) is 12.5. The lowest BCUT2D eigenvalue weighted by atomic mass is 9.97. The summed E-state index contributed by atoms with van der Waals surface area (Å²) in [5.74, 6) is -0.0178. The van der Waals surface area contributed by atoms with E-state index in [1.165, 1.54) is 0 Å². The number of aliphatic hydroxyl groups is 1. The summed E-state index contributed by atoms with van der Waals surface area (Å²) in [5, 5.41) is 12.8. The molecule has 4 nitrogen and oxygen atoms in total. The van der Waals surface area contributed by atoms with Gasteiger partial charge in [0.2, 0.25) is 5.91 Å². The van der Waals surface area contributed by atoms with Crippen molar-refractivity contribution in [2.24, 2.45) is 5.92 Å². The lowest BCUT2D eigenvalue weighted by molar-refractivity contribution is -0.126. The first-order valence-corrected chi connectivity index (χ1v) is 5.69. The van der Waals surface area contributed by atoms with Gasteiger partial charge in [-0.3, -0.25) is 4.79 Å². The van der Waals surface area contributed by atoms with Crippen LogP contribution in [0.25, 0.3) is 0 Å². The van der Waals surface area contributed by atoms with Crippen LogP contribution in [0.2, 0.25) is 0 Å². The molecule has 0 bridgehead atoms. The molecule has 1 aliphatic rings. The van der Waals surface area contributed by atoms with Gasteiger partial charge in [0.1, 0.15) is 0 Å². The van der Waals surface area contributed by atoms with Crippen LogP contribution in [0.1, 0.15) is 33.1 Å². The van der Waals surface area contributed by atoms with Crippen molar-refractivity contribution in [2.75, 3.05) is 19.8 Å². The molecule has 0 aromatic rings. The highest BCUT2D eigenvalue weighted by atomic mass is 16.5. The lowest BCUT2D eigenvalue weighted by Gasteiger charge is -2.25. The van der Waals surface area contributed by atoms with Crippen LogP contribution in [0, 0.1) is 5.92 Å². The Morgan fingerprint density at radius 3 is 2.67 bits per heavy atom. The van der Waals surface area contributed by atoms with Crippen molar-refractivity contribution in [1.29, 1.82) is 0 Å². The van der Waals surface area contributed by atoms with E-state index >= 15 is 0 Å². The van der Waals surface area contributed by atoms with Gasteiger partial charge in [0, 0.05) is 13.2 Å². The van der Waals surface area contributed by atoms with Gasteiger partial charge >= 0.3 is 0 Å². The normalized spacial score (nSPS) is 21.7. The van der Waals surface area contributed by atoms with E-state index in [4.69, 9.17) is 4.74 Å². The second-order valence-corrected chi connectivity index (χ2v) is 4.21. The molecule has 0 aliphatic carbocycles. The summed E-state index contributed by atoms with van der Waals surface area (Å²) in [5.41, 5.74) is -0.755. The summed E-state index contributed by atoms with van der Waals surface area (Å²) in [6.07, 6.45) is 2.11. The SMILES string of the molecule is CCC(O)(CC)CNC(=O)C1CCOC1. The van der Waals surface area contributed by atoms with Crippen molar-refractivity contribution in [3.05, 3.63) is 0 Å². The van der Waals surface area contributed by atoms with Crippen molar-refractivity contribution in [2.45, 2.75) is 38.7 Å². The molecule has 0 aromatic heterocycles. The van der Waals surface area contributed by atoms with Crippen LogP contribution < -0.4 is 5.32 Å². The molecule has 0 radical (unpaired) electrons. The van der Waals surface area contributed by atoms with Gasteiger partial charge in [0.05, 0.1) is 18.1 Å². The fraction of sp³-hybridized carbons (Fsp3) is 0.909. The lowest BCUT2D eigenvalue weighted by Crippen LogP contribution is -2.44. The van der Waals surface area contributed by atoms with Crippen molar-refractivity contribution >= 4 is 5.91 Å².